The Labute approximate surface area is 106 Å². The highest BCUT2D eigenvalue weighted by atomic mass is 35.5. The highest BCUT2D eigenvalue weighted by Crippen LogP contribution is 2.33. The minimum Gasteiger partial charge on any atom is -0.383 e. The first-order valence-electron chi connectivity index (χ1n) is 5.61. The van der Waals surface area contributed by atoms with Gasteiger partial charge >= 0.3 is 0 Å². The van der Waals surface area contributed by atoms with Crippen LogP contribution >= 0.6 is 11.6 Å². The Kier molecular flexibility index (Phi) is 3.11. The van der Waals surface area contributed by atoms with Gasteiger partial charge < -0.3 is 10.3 Å². The maximum atomic E-state index is 6.17. The summed E-state index contributed by atoms with van der Waals surface area (Å²) in [7, 11) is 0. The number of nitrogen functional groups attached to an aromatic ring is 1. The highest BCUT2D eigenvalue weighted by Gasteiger charge is 2.16. The maximum absolute atomic E-state index is 6.17. The fraction of sp³-hybridized carbons (Fsp3) is 0.308. The van der Waals surface area contributed by atoms with Crippen LogP contribution in [0.25, 0.3) is 11.3 Å². The molecule has 0 aliphatic heterocycles. The van der Waals surface area contributed by atoms with Gasteiger partial charge in [-0.3, -0.25) is 0 Å². The van der Waals surface area contributed by atoms with Crippen LogP contribution in [0.5, 0.6) is 0 Å². The number of imidazole rings is 1. The summed E-state index contributed by atoms with van der Waals surface area (Å²) in [6.07, 6.45) is 0. The van der Waals surface area contributed by atoms with Crippen LogP contribution in [0, 0.1) is 6.92 Å². The summed E-state index contributed by atoms with van der Waals surface area (Å²) in [5.74, 6) is 1.58. The molecule has 2 aromatic rings. The van der Waals surface area contributed by atoms with E-state index in [1.54, 1.807) is 0 Å². The Morgan fingerprint density at radius 1 is 1.29 bits per heavy atom. The molecule has 4 heteroatoms. The molecule has 3 nitrogen and oxygen atoms in total. The second-order valence-electron chi connectivity index (χ2n) is 4.34. The Hall–Kier alpha value is -1.48. The molecule has 0 spiro atoms. The van der Waals surface area contributed by atoms with Gasteiger partial charge in [0, 0.05) is 11.6 Å². The number of benzene rings is 1. The Morgan fingerprint density at radius 2 is 1.94 bits per heavy atom. The van der Waals surface area contributed by atoms with Crippen molar-refractivity contribution in [1.29, 1.82) is 0 Å². The number of aryl methyl sites for hydroxylation is 1. The number of hydrogen-bond acceptors (Lipinski definition) is 2. The Balaban J connectivity index is 2.62. The quantitative estimate of drug-likeness (QED) is 0.883. The number of halogens is 1. The fourth-order valence-corrected chi connectivity index (χ4v) is 2.29. The van der Waals surface area contributed by atoms with Crippen molar-refractivity contribution in [2.75, 3.05) is 5.73 Å². The second-order valence-corrected chi connectivity index (χ2v) is 4.74. The minimum absolute atomic E-state index is 0.290. The highest BCUT2D eigenvalue weighted by molar-refractivity contribution is 6.33. The summed E-state index contributed by atoms with van der Waals surface area (Å²) in [5, 5.41) is 0.674. The van der Waals surface area contributed by atoms with E-state index in [0.717, 1.165) is 17.1 Å². The van der Waals surface area contributed by atoms with E-state index in [9.17, 15) is 0 Å². The van der Waals surface area contributed by atoms with Crippen LogP contribution in [-0.4, -0.2) is 9.55 Å². The summed E-state index contributed by atoms with van der Waals surface area (Å²) < 4.78 is 2.01. The molecule has 0 unspecified atom stereocenters. The number of aromatic nitrogens is 2. The van der Waals surface area contributed by atoms with Crippen LogP contribution in [0.4, 0.5) is 5.82 Å². The van der Waals surface area contributed by atoms with Crippen molar-refractivity contribution < 1.29 is 0 Å². The van der Waals surface area contributed by atoms with Crippen molar-refractivity contribution >= 4 is 17.4 Å². The lowest BCUT2D eigenvalue weighted by atomic mass is 10.1. The first-order chi connectivity index (χ1) is 8.02. The molecule has 0 amide bonds. The van der Waals surface area contributed by atoms with Gasteiger partial charge in [-0.2, -0.15) is 0 Å². The van der Waals surface area contributed by atoms with Gasteiger partial charge in [-0.05, 0) is 26.8 Å². The van der Waals surface area contributed by atoms with E-state index in [-0.39, 0.29) is 0 Å². The van der Waals surface area contributed by atoms with Gasteiger partial charge in [-0.1, -0.05) is 29.8 Å². The smallest absolute Gasteiger partial charge is 0.132 e. The van der Waals surface area contributed by atoms with Crippen LogP contribution in [0.2, 0.25) is 5.02 Å². The molecule has 90 valence electrons. The molecule has 0 fully saturated rings. The van der Waals surface area contributed by atoms with Gasteiger partial charge in [0.05, 0.1) is 5.02 Å². The largest absolute Gasteiger partial charge is 0.383 e. The lowest BCUT2D eigenvalue weighted by Gasteiger charge is -2.11. The van der Waals surface area contributed by atoms with Crippen molar-refractivity contribution in [1.82, 2.24) is 9.55 Å². The van der Waals surface area contributed by atoms with E-state index in [1.807, 2.05) is 35.8 Å². The number of nitrogens with zero attached hydrogens (tertiary/aromatic N) is 2. The van der Waals surface area contributed by atoms with Crippen LogP contribution in [0.1, 0.15) is 25.7 Å². The summed E-state index contributed by atoms with van der Waals surface area (Å²) in [4.78, 5) is 4.52. The lowest BCUT2D eigenvalue weighted by Crippen LogP contribution is -2.07. The molecule has 17 heavy (non-hydrogen) atoms. The Bertz CT molecular complexity index is 544. The minimum atomic E-state index is 0.290. The molecule has 0 aliphatic rings. The molecular weight excluding hydrogens is 234 g/mol. The number of anilines is 1. The summed E-state index contributed by atoms with van der Waals surface area (Å²) >= 11 is 6.17. The molecule has 2 N–H and O–H groups in total. The summed E-state index contributed by atoms with van der Waals surface area (Å²) in [6, 6.07) is 7.91. The predicted octanol–water partition coefficient (Wildman–Crippen LogP) is 3.68. The van der Waals surface area contributed by atoms with E-state index < -0.39 is 0 Å². The van der Waals surface area contributed by atoms with Crippen LogP contribution in [-0.2, 0) is 0 Å². The average Bonchev–Trinajstić information content (AvgIpc) is 2.55. The van der Waals surface area contributed by atoms with E-state index >= 15 is 0 Å². The van der Waals surface area contributed by atoms with Gasteiger partial charge in [0.25, 0.3) is 0 Å². The van der Waals surface area contributed by atoms with Gasteiger partial charge in [0.2, 0.25) is 0 Å². The van der Waals surface area contributed by atoms with Crippen molar-refractivity contribution in [2.45, 2.75) is 26.8 Å². The van der Waals surface area contributed by atoms with Gasteiger partial charge in [0.15, 0.2) is 0 Å². The third kappa shape index (κ3) is 2.03. The van der Waals surface area contributed by atoms with Gasteiger partial charge in [0.1, 0.15) is 17.3 Å². The van der Waals surface area contributed by atoms with E-state index in [4.69, 9.17) is 17.3 Å². The zero-order valence-electron chi connectivity index (χ0n) is 10.2. The molecule has 2 rings (SSSR count). The number of rotatable bonds is 2. The second kappa shape index (κ2) is 4.41. The molecule has 0 bridgehead atoms. The monoisotopic (exact) mass is 249 g/mol. The van der Waals surface area contributed by atoms with Crippen molar-refractivity contribution in [3.8, 4) is 11.3 Å². The first-order valence-corrected chi connectivity index (χ1v) is 5.99. The molecule has 0 atom stereocenters. The van der Waals surface area contributed by atoms with Crippen LogP contribution in [0.3, 0.4) is 0 Å². The van der Waals surface area contributed by atoms with Crippen LogP contribution < -0.4 is 5.73 Å². The Morgan fingerprint density at radius 3 is 2.47 bits per heavy atom. The van der Waals surface area contributed by atoms with Crippen molar-refractivity contribution in [3.63, 3.8) is 0 Å². The first kappa shape index (κ1) is 12.0. The fourth-order valence-electron chi connectivity index (χ4n) is 2.06. The van der Waals surface area contributed by atoms with Crippen molar-refractivity contribution in [3.05, 3.63) is 35.1 Å². The topological polar surface area (TPSA) is 43.8 Å². The molecule has 0 saturated carbocycles. The normalized spacial score (nSPS) is 11.1. The maximum Gasteiger partial charge on any atom is 0.132 e. The van der Waals surface area contributed by atoms with E-state index in [0.29, 0.717) is 16.9 Å². The van der Waals surface area contributed by atoms with Gasteiger partial charge in [-0.15, -0.1) is 0 Å². The predicted molar refractivity (Wildman–Crippen MR) is 72.2 cm³/mol. The SMILES string of the molecule is Cc1nc(-c2ccccc2Cl)c(N)n1C(C)C. The van der Waals surface area contributed by atoms with Gasteiger partial charge in [-0.25, -0.2) is 4.98 Å². The third-order valence-electron chi connectivity index (χ3n) is 2.77. The molecule has 0 aliphatic carbocycles. The van der Waals surface area contributed by atoms with E-state index in [1.165, 1.54) is 0 Å². The zero-order chi connectivity index (χ0) is 12.6. The summed E-state index contributed by atoms with van der Waals surface area (Å²) in [6.45, 7) is 6.12. The number of hydrogen-bond donors (Lipinski definition) is 1. The molecular formula is C13H16ClN3. The molecule has 0 radical (unpaired) electrons. The number of nitrogens with two attached hydrogens (primary N) is 1. The molecule has 1 heterocycles. The molecule has 0 saturated heterocycles. The standard InChI is InChI=1S/C13H16ClN3/c1-8(2)17-9(3)16-12(13(17)15)10-6-4-5-7-11(10)14/h4-8H,15H2,1-3H3. The summed E-state index contributed by atoms with van der Waals surface area (Å²) in [5.41, 5.74) is 7.80. The third-order valence-corrected chi connectivity index (χ3v) is 3.10. The molecule has 1 aromatic heterocycles. The van der Waals surface area contributed by atoms with Crippen LogP contribution in [0.15, 0.2) is 24.3 Å². The van der Waals surface area contributed by atoms with E-state index in [2.05, 4.69) is 18.8 Å². The lowest BCUT2D eigenvalue weighted by molar-refractivity contribution is 0.590. The molecule has 1 aromatic carbocycles. The average molecular weight is 250 g/mol. The van der Waals surface area contributed by atoms with Crippen molar-refractivity contribution in [2.24, 2.45) is 0 Å². The zero-order valence-corrected chi connectivity index (χ0v) is 11.0.